The summed E-state index contributed by atoms with van der Waals surface area (Å²) in [6, 6.07) is 4.51. The van der Waals surface area contributed by atoms with Crippen LogP contribution in [0.25, 0.3) is 0 Å². The standard InChI is InChI=1S/C10H13ClN2O3/c1-16-10-3-2-9(13(14)15)6-8(10)7-12-5-4-11/h2-3,6,12H,4-5,7H2,1H3. The van der Waals surface area contributed by atoms with Gasteiger partial charge in [0.1, 0.15) is 5.75 Å². The van der Waals surface area contributed by atoms with Crippen molar-refractivity contribution in [1.82, 2.24) is 5.32 Å². The van der Waals surface area contributed by atoms with Gasteiger partial charge in [-0.15, -0.1) is 11.6 Å². The van der Waals surface area contributed by atoms with Crippen molar-refractivity contribution in [3.63, 3.8) is 0 Å². The van der Waals surface area contributed by atoms with E-state index in [0.29, 0.717) is 24.7 Å². The van der Waals surface area contributed by atoms with E-state index < -0.39 is 4.92 Å². The molecule has 0 atom stereocenters. The van der Waals surface area contributed by atoms with Crippen molar-refractivity contribution in [2.24, 2.45) is 0 Å². The van der Waals surface area contributed by atoms with Crippen molar-refractivity contribution in [1.29, 1.82) is 0 Å². The van der Waals surface area contributed by atoms with Gasteiger partial charge in [0.2, 0.25) is 0 Å². The minimum absolute atomic E-state index is 0.0588. The number of hydrogen-bond acceptors (Lipinski definition) is 4. The maximum Gasteiger partial charge on any atom is 0.270 e. The number of halogens is 1. The van der Waals surface area contributed by atoms with Crippen LogP contribution in [-0.2, 0) is 6.54 Å². The Balaban J connectivity index is 2.84. The van der Waals surface area contributed by atoms with Gasteiger partial charge in [0.05, 0.1) is 12.0 Å². The normalized spacial score (nSPS) is 10.1. The molecule has 0 aliphatic heterocycles. The monoisotopic (exact) mass is 244 g/mol. The second-order valence-corrected chi connectivity index (χ2v) is 3.50. The Labute approximate surface area is 98.5 Å². The highest BCUT2D eigenvalue weighted by molar-refractivity contribution is 6.18. The van der Waals surface area contributed by atoms with Crippen molar-refractivity contribution < 1.29 is 9.66 Å². The minimum atomic E-state index is -0.426. The van der Waals surface area contributed by atoms with Crippen LogP contribution in [0.1, 0.15) is 5.56 Å². The third-order valence-electron chi connectivity index (χ3n) is 2.06. The van der Waals surface area contributed by atoms with Crippen LogP contribution in [0.4, 0.5) is 5.69 Å². The van der Waals surface area contributed by atoms with Crippen LogP contribution >= 0.6 is 11.6 Å². The van der Waals surface area contributed by atoms with E-state index in [4.69, 9.17) is 16.3 Å². The molecule has 16 heavy (non-hydrogen) atoms. The van der Waals surface area contributed by atoms with Crippen LogP contribution in [0.5, 0.6) is 5.75 Å². The van der Waals surface area contributed by atoms with E-state index >= 15 is 0 Å². The van der Waals surface area contributed by atoms with Crippen molar-refractivity contribution in [3.8, 4) is 5.75 Å². The molecule has 1 aromatic rings. The number of methoxy groups -OCH3 is 1. The number of nitro benzene ring substituents is 1. The van der Waals surface area contributed by atoms with Crippen LogP contribution in [0.3, 0.4) is 0 Å². The van der Waals surface area contributed by atoms with Gasteiger partial charge in [-0.3, -0.25) is 10.1 Å². The smallest absolute Gasteiger partial charge is 0.270 e. The fourth-order valence-corrected chi connectivity index (χ4v) is 1.44. The first-order valence-corrected chi connectivity index (χ1v) is 5.30. The summed E-state index contributed by atoms with van der Waals surface area (Å²) >= 11 is 5.52. The van der Waals surface area contributed by atoms with E-state index in [1.807, 2.05) is 0 Å². The summed E-state index contributed by atoms with van der Waals surface area (Å²) in [6.07, 6.45) is 0. The van der Waals surface area contributed by atoms with Crippen LogP contribution < -0.4 is 10.1 Å². The molecule has 0 aliphatic carbocycles. The fraction of sp³-hybridized carbons (Fsp3) is 0.400. The summed E-state index contributed by atoms with van der Waals surface area (Å²) < 4.78 is 5.12. The number of nitro groups is 1. The predicted molar refractivity (Wildman–Crippen MR) is 62.1 cm³/mol. The molecule has 88 valence electrons. The molecular weight excluding hydrogens is 232 g/mol. The van der Waals surface area contributed by atoms with Crippen molar-refractivity contribution in [2.45, 2.75) is 6.54 Å². The average Bonchev–Trinajstić information content (AvgIpc) is 2.29. The number of alkyl halides is 1. The molecule has 0 amide bonds. The van der Waals surface area contributed by atoms with Crippen LogP contribution in [-0.4, -0.2) is 24.5 Å². The zero-order chi connectivity index (χ0) is 12.0. The second kappa shape index (κ2) is 6.30. The van der Waals surface area contributed by atoms with Crippen molar-refractivity contribution >= 4 is 17.3 Å². The topological polar surface area (TPSA) is 64.4 Å². The van der Waals surface area contributed by atoms with Gasteiger partial charge in [-0.2, -0.15) is 0 Å². The molecule has 0 heterocycles. The highest BCUT2D eigenvalue weighted by Crippen LogP contribution is 2.23. The molecule has 6 heteroatoms. The third kappa shape index (κ3) is 3.36. The van der Waals surface area contributed by atoms with Crippen LogP contribution in [0.15, 0.2) is 18.2 Å². The molecular formula is C10H13ClN2O3. The first-order valence-electron chi connectivity index (χ1n) is 4.77. The van der Waals surface area contributed by atoms with Crippen molar-refractivity contribution in [2.75, 3.05) is 19.5 Å². The number of hydrogen-bond donors (Lipinski definition) is 1. The summed E-state index contributed by atoms with van der Waals surface area (Å²) in [4.78, 5) is 10.2. The van der Waals surface area contributed by atoms with E-state index in [9.17, 15) is 10.1 Å². The van der Waals surface area contributed by atoms with E-state index in [2.05, 4.69) is 5.32 Å². The first kappa shape index (κ1) is 12.7. The molecule has 1 rings (SSSR count). The molecule has 0 saturated carbocycles. The van der Waals surface area contributed by atoms with Gasteiger partial charge >= 0.3 is 0 Å². The quantitative estimate of drug-likeness (QED) is 0.359. The lowest BCUT2D eigenvalue weighted by molar-refractivity contribution is -0.384. The van der Waals surface area contributed by atoms with Gasteiger partial charge in [-0.25, -0.2) is 0 Å². The summed E-state index contributed by atoms with van der Waals surface area (Å²) in [7, 11) is 1.53. The molecule has 0 saturated heterocycles. The Bertz CT molecular complexity index is 371. The second-order valence-electron chi connectivity index (χ2n) is 3.12. The number of nitrogens with one attached hydrogen (secondary N) is 1. The Kier molecular flexibility index (Phi) is 5.01. The third-order valence-corrected chi connectivity index (χ3v) is 2.25. The summed E-state index contributed by atoms with van der Waals surface area (Å²) in [5, 5.41) is 13.7. The van der Waals surface area contributed by atoms with Crippen molar-refractivity contribution in [3.05, 3.63) is 33.9 Å². The summed E-state index contributed by atoms with van der Waals surface area (Å²) in [6.45, 7) is 1.14. The summed E-state index contributed by atoms with van der Waals surface area (Å²) in [5.41, 5.74) is 0.810. The maximum absolute atomic E-state index is 10.6. The van der Waals surface area contributed by atoms with Gasteiger partial charge in [-0.05, 0) is 6.07 Å². The molecule has 0 bridgehead atoms. The molecule has 1 aromatic carbocycles. The number of rotatable bonds is 6. The largest absolute Gasteiger partial charge is 0.496 e. The van der Waals surface area contributed by atoms with E-state index in [1.165, 1.54) is 19.2 Å². The van der Waals surface area contributed by atoms with E-state index in [0.717, 1.165) is 5.56 Å². The Morgan fingerprint density at radius 1 is 1.56 bits per heavy atom. The Morgan fingerprint density at radius 2 is 2.31 bits per heavy atom. The lowest BCUT2D eigenvalue weighted by Gasteiger charge is -2.08. The average molecular weight is 245 g/mol. The maximum atomic E-state index is 10.6. The number of ether oxygens (including phenoxy) is 1. The minimum Gasteiger partial charge on any atom is -0.496 e. The predicted octanol–water partition coefficient (Wildman–Crippen LogP) is 1.93. The molecule has 0 fully saturated rings. The molecule has 0 aromatic heterocycles. The van der Waals surface area contributed by atoms with Crippen LogP contribution in [0.2, 0.25) is 0 Å². The van der Waals surface area contributed by atoms with Gasteiger partial charge in [-0.1, -0.05) is 0 Å². The SMILES string of the molecule is COc1ccc([N+](=O)[O-])cc1CNCCCl. The summed E-state index contributed by atoms with van der Waals surface area (Å²) in [5.74, 6) is 1.13. The number of nitrogens with zero attached hydrogens (tertiary/aromatic N) is 1. The number of non-ortho nitro benzene ring substituents is 1. The zero-order valence-electron chi connectivity index (χ0n) is 8.90. The van der Waals surface area contributed by atoms with Gasteiger partial charge in [0.25, 0.3) is 5.69 Å². The highest BCUT2D eigenvalue weighted by Gasteiger charge is 2.10. The molecule has 0 spiro atoms. The molecule has 0 radical (unpaired) electrons. The molecule has 5 nitrogen and oxygen atoms in total. The highest BCUT2D eigenvalue weighted by atomic mass is 35.5. The first-order chi connectivity index (χ1) is 7.69. The molecule has 0 aliphatic rings. The fourth-order valence-electron chi connectivity index (χ4n) is 1.31. The lowest BCUT2D eigenvalue weighted by Crippen LogP contribution is -2.16. The van der Waals surface area contributed by atoms with Gasteiger partial charge < -0.3 is 10.1 Å². The Hall–Kier alpha value is -1.33. The van der Waals surface area contributed by atoms with E-state index in [1.54, 1.807) is 6.07 Å². The van der Waals surface area contributed by atoms with Crippen LogP contribution in [0, 0.1) is 10.1 Å². The molecule has 1 N–H and O–H groups in total. The van der Waals surface area contributed by atoms with Gasteiger partial charge in [0, 0.05) is 36.7 Å². The lowest BCUT2D eigenvalue weighted by atomic mass is 10.1. The zero-order valence-corrected chi connectivity index (χ0v) is 9.66. The molecule has 0 unspecified atom stereocenters. The Morgan fingerprint density at radius 3 is 2.88 bits per heavy atom. The van der Waals surface area contributed by atoms with E-state index in [-0.39, 0.29) is 5.69 Å². The van der Waals surface area contributed by atoms with Gasteiger partial charge in [0.15, 0.2) is 0 Å². The number of benzene rings is 1.